The summed E-state index contributed by atoms with van der Waals surface area (Å²) in [6, 6.07) is 7.11. The zero-order valence-electron chi connectivity index (χ0n) is 9.49. The van der Waals surface area contributed by atoms with E-state index in [-0.39, 0.29) is 11.7 Å². The number of rotatable bonds is 5. The van der Waals surface area contributed by atoms with Crippen LogP contribution in [0.4, 0.5) is 0 Å². The van der Waals surface area contributed by atoms with Gasteiger partial charge in [-0.15, -0.1) is 0 Å². The van der Waals surface area contributed by atoms with Crippen molar-refractivity contribution in [3.8, 4) is 0 Å². The van der Waals surface area contributed by atoms with Crippen LogP contribution in [0.1, 0.15) is 11.1 Å². The monoisotopic (exact) mass is 229 g/mol. The van der Waals surface area contributed by atoms with Crippen LogP contribution in [0.5, 0.6) is 0 Å². The average molecular weight is 229 g/mol. The molecular formula is C13H15N3O. The van der Waals surface area contributed by atoms with Crippen LogP contribution in [-0.2, 0) is 11.3 Å². The topological polar surface area (TPSA) is 79.0 Å². The number of amidine groups is 1. The van der Waals surface area contributed by atoms with Gasteiger partial charge in [0.2, 0.25) is 0 Å². The molecule has 1 rings (SSSR count). The Bertz CT molecular complexity index is 460. The first-order valence-corrected chi connectivity index (χ1v) is 5.07. The summed E-state index contributed by atoms with van der Waals surface area (Å²) in [7, 11) is 0. The number of benzene rings is 1. The Balaban J connectivity index is 2.58. The predicted octanol–water partition coefficient (Wildman–Crippen LogP) is 1.33. The Morgan fingerprint density at radius 1 is 1.41 bits per heavy atom. The van der Waals surface area contributed by atoms with Crippen LogP contribution in [0.2, 0.25) is 0 Å². The molecule has 17 heavy (non-hydrogen) atoms. The number of nitrogen functional groups attached to an aromatic ring is 1. The number of carbonyl (C=O) groups is 1. The molecule has 0 aromatic heterocycles. The lowest BCUT2D eigenvalue weighted by atomic mass is 10.1. The van der Waals surface area contributed by atoms with E-state index in [0.29, 0.717) is 17.7 Å². The van der Waals surface area contributed by atoms with Gasteiger partial charge in [-0.2, -0.15) is 0 Å². The fourth-order valence-corrected chi connectivity index (χ4v) is 1.19. The van der Waals surface area contributed by atoms with Crippen molar-refractivity contribution in [3.05, 3.63) is 60.2 Å². The van der Waals surface area contributed by atoms with Crippen molar-refractivity contribution in [2.24, 2.45) is 5.73 Å². The number of amides is 1. The first-order valence-electron chi connectivity index (χ1n) is 5.07. The van der Waals surface area contributed by atoms with E-state index in [4.69, 9.17) is 11.1 Å². The van der Waals surface area contributed by atoms with E-state index in [1.165, 1.54) is 6.08 Å². The number of hydrogen-bond donors (Lipinski definition) is 3. The molecule has 0 heterocycles. The van der Waals surface area contributed by atoms with Crippen molar-refractivity contribution >= 4 is 11.7 Å². The molecule has 4 nitrogen and oxygen atoms in total. The summed E-state index contributed by atoms with van der Waals surface area (Å²) in [4.78, 5) is 11.4. The van der Waals surface area contributed by atoms with Gasteiger partial charge < -0.3 is 11.1 Å². The van der Waals surface area contributed by atoms with Gasteiger partial charge in [0, 0.05) is 17.7 Å². The molecule has 1 aromatic carbocycles. The molecule has 0 aliphatic carbocycles. The third kappa shape index (κ3) is 3.61. The number of nitrogens with two attached hydrogens (primary N) is 1. The van der Waals surface area contributed by atoms with Gasteiger partial charge in [-0.1, -0.05) is 43.5 Å². The minimum Gasteiger partial charge on any atom is -0.384 e. The second-order valence-electron chi connectivity index (χ2n) is 3.52. The van der Waals surface area contributed by atoms with Gasteiger partial charge in [0.25, 0.3) is 5.91 Å². The molecule has 0 bridgehead atoms. The van der Waals surface area contributed by atoms with Crippen molar-refractivity contribution in [3.63, 3.8) is 0 Å². The van der Waals surface area contributed by atoms with E-state index in [9.17, 15) is 4.79 Å². The van der Waals surface area contributed by atoms with Crippen LogP contribution in [0.25, 0.3) is 0 Å². The Morgan fingerprint density at radius 3 is 2.47 bits per heavy atom. The second-order valence-corrected chi connectivity index (χ2v) is 3.52. The third-order valence-corrected chi connectivity index (χ3v) is 2.26. The standard InChI is InChI=1S/C13H15N3O/c1-3-9(2)13(17)16-8-10-4-6-11(7-5-10)12(14)15/h3-7H,1-2,8H2,(H3,14,15)(H,16,17). The molecule has 0 atom stereocenters. The maximum absolute atomic E-state index is 11.4. The molecule has 0 aliphatic rings. The summed E-state index contributed by atoms with van der Waals surface area (Å²) in [5, 5.41) is 9.95. The SMILES string of the molecule is C=CC(=C)C(=O)NCc1ccc(C(=N)N)cc1. The molecule has 0 unspecified atom stereocenters. The van der Waals surface area contributed by atoms with E-state index in [2.05, 4.69) is 18.5 Å². The van der Waals surface area contributed by atoms with Gasteiger partial charge in [-0.3, -0.25) is 10.2 Å². The van der Waals surface area contributed by atoms with Crippen LogP contribution in [0.15, 0.2) is 49.1 Å². The van der Waals surface area contributed by atoms with Crippen molar-refractivity contribution in [1.82, 2.24) is 5.32 Å². The van der Waals surface area contributed by atoms with E-state index in [1.807, 2.05) is 12.1 Å². The molecule has 1 aromatic rings. The zero-order valence-corrected chi connectivity index (χ0v) is 9.49. The highest BCUT2D eigenvalue weighted by atomic mass is 16.1. The molecule has 0 aliphatic heterocycles. The van der Waals surface area contributed by atoms with Crippen molar-refractivity contribution in [2.45, 2.75) is 6.54 Å². The van der Waals surface area contributed by atoms with Gasteiger partial charge >= 0.3 is 0 Å². The lowest BCUT2D eigenvalue weighted by molar-refractivity contribution is -0.117. The number of nitrogens with one attached hydrogen (secondary N) is 2. The fraction of sp³-hybridized carbons (Fsp3) is 0.0769. The van der Waals surface area contributed by atoms with Gasteiger partial charge in [0.1, 0.15) is 5.84 Å². The quantitative estimate of drug-likeness (QED) is 0.308. The predicted molar refractivity (Wildman–Crippen MR) is 68.6 cm³/mol. The molecule has 1 amide bonds. The maximum atomic E-state index is 11.4. The smallest absolute Gasteiger partial charge is 0.250 e. The van der Waals surface area contributed by atoms with Crippen molar-refractivity contribution in [2.75, 3.05) is 0 Å². The lowest BCUT2D eigenvalue weighted by Crippen LogP contribution is -2.23. The normalized spacial score (nSPS) is 9.41. The highest BCUT2D eigenvalue weighted by Crippen LogP contribution is 2.04. The van der Waals surface area contributed by atoms with Gasteiger partial charge in [0.15, 0.2) is 0 Å². The minimum absolute atomic E-state index is 0.0284. The van der Waals surface area contributed by atoms with Crippen LogP contribution in [-0.4, -0.2) is 11.7 Å². The highest BCUT2D eigenvalue weighted by Gasteiger charge is 2.02. The Labute approximate surface area is 100 Å². The number of carbonyl (C=O) groups excluding carboxylic acids is 1. The maximum Gasteiger partial charge on any atom is 0.250 e. The second kappa shape index (κ2) is 5.65. The first kappa shape index (κ1) is 12.7. The average Bonchev–Trinajstić information content (AvgIpc) is 2.35. The fourth-order valence-electron chi connectivity index (χ4n) is 1.19. The van der Waals surface area contributed by atoms with E-state index in [1.54, 1.807) is 12.1 Å². The molecule has 0 saturated heterocycles. The zero-order chi connectivity index (χ0) is 12.8. The largest absolute Gasteiger partial charge is 0.384 e. The number of hydrogen-bond acceptors (Lipinski definition) is 2. The van der Waals surface area contributed by atoms with Crippen molar-refractivity contribution < 1.29 is 4.79 Å². The minimum atomic E-state index is -0.240. The summed E-state index contributed by atoms with van der Waals surface area (Å²) in [5.74, 6) is -0.212. The van der Waals surface area contributed by atoms with E-state index >= 15 is 0 Å². The Kier molecular flexibility index (Phi) is 4.22. The van der Waals surface area contributed by atoms with E-state index < -0.39 is 0 Å². The van der Waals surface area contributed by atoms with Crippen LogP contribution >= 0.6 is 0 Å². The Morgan fingerprint density at radius 2 is 2.00 bits per heavy atom. The van der Waals surface area contributed by atoms with Gasteiger partial charge in [-0.05, 0) is 5.56 Å². The van der Waals surface area contributed by atoms with Crippen LogP contribution in [0.3, 0.4) is 0 Å². The van der Waals surface area contributed by atoms with E-state index in [0.717, 1.165) is 5.56 Å². The lowest BCUT2D eigenvalue weighted by Gasteiger charge is -2.05. The van der Waals surface area contributed by atoms with Gasteiger partial charge in [0.05, 0.1) is 0 Å². The molecule has 0 saturated carbocycles. The highest BCUT2D eigenvalue weighted by molar-refractivity contribution is 5.95. The molecule has 0 radical (unpaired) electrons. The summed E-state index contributed by atoms with van der Waals surface area (Å²) in [6.07, 6.45) is 1.41. The van der Waals surface area contributed by atoms with Gasteiger partial charge in [-0.25, -0.2) is 0 Å². The Hall–Kier alpha value is -2.36. The molecule has 4 N–H and O–H groups in total. The van der Waals surface area contributed by atoms with Crippen molar-refractivity contribution in [1.29, 1.82) is 5.41 Å². The molecule has 0 fully saturated rings. The molecule has 4 heteroatoms. The summed E-state index contributed by atoms with van der Waals surface area (Å²) in [6.45, 7) is 7.42. The summed E-state index contributed by atoms with van der Waals surface area (Å²) in [5.41, 5.74) is 7.27. The molecular weight excluding hydrogens is 214 g/mol. The first-order chi connectivity index (χ1) is 8.04. The molecule has 88 valence electrons. The summed E-state index contributed by atoms with van der Waals surface area (Å²) >= 11 is 0. The van der Waals surface area contributed by atoms with Crippen LogP contribution in [0, 0.1) is 5.41 Å². The van der Waals surface area contributed by atoms with Crippen LogP contribution < -0.4 is 11.1 Å². The summed E-state index contributed by atoms with van der Waals surface area (Å²) < 4.78 is 0. The third-order valence-electron chi connectivity index (χ3n) is 2.26. The molecule has 0 spiro atoms.